The number of benzene rings is 2. The molecule has 1 N–H and O–H groups in total. The molecule has 1 aliphatic rings. The molecule has 8 heteroatoms. The lowest BCUT2D eigenvalue weighted by atomic mass is 10.2. The van der Waals surface area contributed by atoms with E-state index in [0.717, 1.165) is 18.4 Å². The van der Waals surface area contributed by atoms with Gasteiger partial charge in [0, 0.05) is 6.54 Å². The van der Waals surface area contributed by atoms with Gasteiger partial charge >= 0.3 is 6.03 Å². The third-order valence-electron chi connectivity index (χ3n) is 5.02. The Hall–Kier alpha value is -3.55. The van der Waals surface area contributed by atoms with Crippen molar-refractivity contribution in [1.82, 2.24) is 15.0 Å². The van der Waals surface area contributed by atoms with E-state index in [-0.39, 0.29) is 12.1 Å². The van der Waals surface area contributed by atoms with Crippen molar-refractivity contribution in [2.45, 2.75) is 25.8 Å². The quantitative estimate of drug-likeness (QED) is 0.645. The van der Waals surface area contributed by atoms with Gasteiger partial charge in [-0.15, -0.1) is 0 Å². The lowest BCUT2D eigenvalue weighted by molar-refractivity contribution is 0.193. The number of carbonyl (C=O) groups excluding carboxylic acids is 1. The van der Waals surface area contributed by atoms with Gasteiger partial charge in [-0.25, -0.2) is 4.79 Å². The average molecular weight is 408 g/mol. The summed E-state index contributed by atoms with van der Waals surface area (Å²) >= 11 is 0. The van der Waals surface area contributed by atoms with Crippen LogP contribution in [0.2, 0.25) is 0 Å². The number of para-hydroxylation sites is 3. The molecule has 1 atom stereocenters. The van der Waals surface area contributed by atoms with Crippen LogP contribution in [0.25, 0.3) is 11.4 Å². The lowest BCUT2D eigenvalue weighted by Crippen LogP contribution is -2.34. The topological polar surface area (TPSA) is 89.7 Å². The summed E-state index contributed by atoms with van der Waals surface area (Å²) in [4.78, 5) is 19.3. The second kappa shape index (κ2) is 8.86. The number of hydrogen-bond acceptors (Lipinski definition) is 6. The zero-order valence-electron chi connectivity index (χ0n) is 17.0. The van der Waals surface area contributed by atoms with Gasteiger partial charge in [-0.05, 0) is 44.0 Å². The fraction of sp³-hybridized carbons (Fsp3) is 0.318. The summed E-state index contributed by atoms with van der Waals surface area (Å²) < 4.78 is 16.5. The van der Waals surface area contributed by atoms with Crippen LogP contribution in [0.4, 0.5) is 10.5 Å². The molecule has 2 aromatic carbocycles. The Kier molecular flexibility index (Phi) is 5.83. The van der Waals surface area contributed by atoms with Gasteiger partial charge < -0.3 is 24.2 Å². The van der Waals surface area contributed by atoms with Gasteiger partial charge in [0.05, 0.1) is 25.0 Å². The smallest absolute Gasteiger partial charge is 0.322 e. The molecule has 2 amide bonds. The highest BCUT2D eigenvalue weighted by molar-refractivity contribution is 5.91. The molecule has 0 saturated carbocycles. The molecule has 156 valence electrons. The number of amides is 2. The zero-order valence-corrected chi connectivity index (χ0v) is 17.0. The monoisotopic (exact) mass is 408 g/mol. The number of anilines is 1. The Morgan fingerprint density at radius 2 is 1.97 bits per heavy atom. The van der Waals surface area contributed by atoms with Crippen LogP contribution in [0.5, 0.6) is 11.5 Å². The van der Waals surface area contributed by atoms with Crippen molar-refractivity contribution < 1.29 is 18.8 Å². The molecular formula is C22H24N4O4. The Balaban J connectivity index is 1.53. The van der Waals surface area contributed by atoms with Crippen molar-refractivity contribution in [3.8, 4) is 22.9 Å². The first kappa shape index (κ1) is 19.8. The maximum Gasteiger partial charge on any atom is 0.322 e. The molecule has 1 unspecified atom stereocenters. The van der Waals surface area contributed by atoms with Crippen molar-refractivity contribution in [1.29, 1.82) is 0 Å². The number of hydrogen-bond donors (Lipinski definition) is 1. The number of nitrogens with one attached hydrogen (secondary N) is 1. The van der Waals surface area contributed by atoms with E-state index in [9.17, 15) is 4.79 Å². The van der Waals surface area contributed by atoms with Gasteiger partial charge in [0.1, 0.15) is 17.5 Å². The molecule has 3 aromatic rings. The maximum atomic E-state index is 13.0. The molecule has 2 heterocycles. The van der Waals surface area contributed by atoms with Crippen LogP contribution >= 0.6 is 0 Å². The molecule has 30 heavy (non-hydrogen) atoms. The Morgan fingerprint density at radius 1 is 1.20 bits per heavy atom. The van der Waals surface area contributed by atoms with E-state index in [0.29, 0.717) is 42.1 Å². The van der Waals surface area contributed by atoms with E-state index in [1.807, 2.05) is 55.5 Å². The first-order valence-electron chi connectivity index (χ1n) is 9.97. The van der Waals surface area contributed by atoms with Crippen LogP contribution in [0.15, 0.2) is 53.1 Å². The van der Waals surface area contributed by atoms with Gasteiger partial charge in [0.2, 0.25) is 11.7 Å². The summed E-state index contributed by atoms with van der Waals surface area (Å²) in [5.74, 6) is 2.16. The molecule has 0 aliphatic carbocycles. The van der Waals surface area contributed by atoms with Gasteiger partial charge in [0.15, 0.2) is 0 Å². The highest BCUT2D eigenvalue weighted by Crippen LogP contribution is 2.34. The number of urea groups is 1. The lowest BCUT2D eigenvalue weighted by Gasteiger charge is -2.23. The number of methoxy groups -OCH3 is 1. The summed E-state index contributed by atoms with van der Waals surface area (Å²) in [6.45, 7) is 3.04. The first-order valence-corrected chi connectivity index (χ1v) is 9.97. The number of likely N-dealkylation sites (tertiary alicyclic amines) is 1. The van der Waals surface area contributed by atoms with Crippen LogP contribution in [0.1, 0.15) is 31.7 Å². The molecule has 8 nitrogen and oxygen atoms in total. The van der Waals surface area contributed by atoms with Crippen LogP contribution in [0, 0.1) is 0 Å². The third kappa shape index (κ3) is 3.94. The fourth-order valence-electron chi connectivity index (χ4n) is 3.61. The molecule has 0 radical (unpaired) electrons. The number of aromatic nitrogens is 2. The van der Waals surface area contributed by atoms with Crippen molar-refractivity contribution in [2.24, 2.45) is 0 Å². The highest BCUT2D eigenvalue weighted by Gasteiger charge is 2.34. The Bertz CT molecular complexity index is 1020. The summed E-state index contributed by atoms with van der Waals surface area (Å²) in [6, 6.07) is 14.4. The average Bonchev–Trinajstić information content (AvgIpc) is 3.45. The van der Waals surface area contributed by atoms with E-state index >= 15 is 0 Å². The minimum atomic E-state index is -0.278. The normalized spacial score (nSPS) is 15.8. The van der Waals surface area contributed by atoms with Crippen LogP contribution in [0.3, 0.4) is 0 Å². The largest absolute Gasteiger partial charge is 0.496 e. The van der Waals surface area contributed by atoms with Crippen molar-refractivity contribution >= 4 is 11.7 Å². The molecule has 1 saturated heterocycles. The molecule has 0 spiro atoms. The summed E-state index contributed by atoms with van der Waals surface area (Å²) in [5, 5.41) is 7.06. The summed E-state index contributed by atoms with van der Waals surface area (Å²) in [5.41, 5.74) is 1.38. The first-order chi connectivity index (χ1) is 14.7. The maximum absolute atomic E-state index is 13.0. The van der Waals surface area contributed by atoms with E-state index < -0.39 is 0 Å². The molecule has 0 bridgehead atoms. The summed E-state index contributed by atoms with van der Waals surface area (Å²) in [6.07, 6.45) is 1.62. The molecular weight excluding hydrogens is 384 g/mol. The molecule has 1 fully saturated rings. The molecule has 4 rings (SSSR count). The predicted octanol–water partition coefficient (Wildman–Crippen LogP) is 4.51. The van der Waals surface area contributed by atoms with Crippen molar-refractivity contribution in [3.63, 3.8) is 0 Å². The molecule has 1 aromatic heterocycles. The van der Waals surface area contributed by atoms with Crippen molar-refractivity contribution in [3.05, 3.63) is 54.4 Å². The highest BCUT2D eigenvalue weighted by atomic mass is 16.5. The zero-order chi connectivity index (χ0) is 20.9. The fourth-order valence-corrected chi connectivity index (χ4v) is 3.61. The number of rotatable bonds is 6. The Labute approximate surface area is 174 Å². The van der Waals surface area contributed by atoms with E-state index in [2.05, 4.69) is 15.5 Å². The third-order valence-corrected chi connectivity index (χ3v) is 5.02. The van der Waals surface area contributed by atoms with E-state index in [1.54, 1.807) is 12.0 Å². The van der Waals surface area contributed by atoms with E-state index in [4.69, 9.17) is 14.0 Å². The number of nitrogens with zero attached hydrogens (tertiary/aromatic N) is 3. The SMILES string of the molecule is CCOc1ccccc1NC(=O)N1CCCC1c1nc(-c2ccccc2OC)no1. The molecule has 1 aliphatic heterocycles. The standard InChI is InChI=1S/C22H24N4O4/c1-3-29-19-13-7-5-10-16(19)23-22(27)26-14-8-11-17(26)21-24-20(25-30-21)15-9-4-6-12-18(15)28-2/h4-7,9-10,12-13,17H,3,8,11,14H2,1-2H3,(H,23,27). The number of ether oxygens (including phenoxy) is 2. The van der Waals surface area contributed by atoms with Gasteiger partial charge in [0.25, 0.3) is 0 Å². The van der Waals surface area contributed by atoms with E-state index in [1.165, 1.54) is 0 Å². The van der Waals surface area contributed by atoms with Crippen molar-refractivity contribution in [2.75, 3.05) is 25.6 Å². The van der Waals surface area contributed by atoms with Crippen LogP contribution in [-0.4, -0.2) is 41.3 Å². The summed E-state index contributed by atoms with van der Waals surface area (Å²) in [7, 11) is 1.60. The van der Waals surface area contributed by atoms with Gasteiger partial charge in [-0.2, -0.15) is 4.98 Å². The Morgan fingerprint density at radius 3 is 2.77 bits per heavy atom. The van der Waals surface area contributed by atoms with Crippen LogP contribution in [-0.2, 0) is 0 Å². The van der Waals surface area contributed by atoms with Gasteiger partial charge in [-0.3, -0.25) is 0 Å². The van der Waals surface area contributed by atoms with Gasteiger partial charge in [-0.1, -0.05) is 29.4 Å². The second-order valence-corrected chi connectivity index (χ2v) is 6.87. The minimum Gasteiger partial charge on any atom is -0.496 e. The second-order valence-electron chi connectivity index (χ2n) is 6.87. The number of carbonyl (C=O) groups is 1. The minimum absolute atomic E-state index is 0.221. The van der Waals surface area contributed by atoms with Crippen LogP contribution < -0.4 is 14.8 Å². The predicted molar refractivity (Wildman–Crippen MR) is 112 cm³/mol.